The quantitative estimate of drug-likeness (QED) is 0.251. The second-order valence-corrected chi connectivity index (χ2v) is 8.82. The number of hydrogen-bond donors (Lipinski definition) is 1. The van der Waals surface area contributed by atoms with E-state index in [1.807, 2.05) is 31.2 Å². The third kappa shape index (κ3) is 4.77. The van der Waals surface area contributed by atoms with Crippen molar-refractivity contribution in [1.29, 1.82) is 0 Å². The van der Waals surface area contributed by atoms with Crippen molar-refractivity contribution in [2.45, 2.75) is 26.8 Å². The summed E-state index contributed by atoms with van der Waals surface area (Å²) < 4.78 is 10.6. The van der Waals surface area contributed by atoms with E-state index in [0.717, 1.165) is 24.3 Å². The highest BCUT2D eigenvalue weighted by Gasteiger charge is 2.47. The second-order valence-electron chi connectivity index (χ2n) is 8.82. The van der Waals surface area contributed by atoms with Gasteiger partial charge in [0.05, 0.1) is 25.8 Å². The van der Waals surface area contributed by atoms with Crippen molar-refractivity contribution in [2.75, 3.05) is 37.1 Å². The number of aliphatic hydroxyl groups excluding tert-OH is 1. The number of hydrogen-bond acceptors (Lipinski definition) is 6. The smallest absolute Gasteiger partial charge is 0.300 e. The number of carbonyl (C=O) groups is 2. The zero-order valence-corrected chi connectivity index (χ0v) is 21.8. The standard InChI is InChI=1S/C30H32N2O5/c1-6-31(7-2)22-11-13-23(14-12-22)32-27(20-8-15-24(36-4)16-9-20)26(29(34)30(32)35)28(33)21-10-17-25(37-5)19(3)18-21/h8-18,27,33H,6-7H2,1-5H3/b28-26-. The number of ether oxygens (including phenoxy) is 2. The Balaban J connectivity index is 1.87. The Labute approximate surface area is 217 Å². The number of aryl methyl sites for hydroxylation is 1. The largest absolute Gasteiger partial charge is 0.507 e. The number of nitrogens with zero attached hydrogens (tertiary/aromatic N) is 2. The molecule has 1 fully saturated rings. The molecule has 0 saturated carbocycles. The number of Topliss-reactive ketones (excluding diaryl/α,β-unsaturated/α-hetero) is 1. The number of rotatable bonds is 8. The van der Waals surface area contributed by atoms with Crippen LogP contribution < -0.4 is 19.3 Å². The van der Waals surface area contributed by atoms with Gasteiger partial charge in [-0.15, -0.1) is 0 Å². The Morgan fingerprint density at radius 1 is 0.919 bits per heavy atom. The molecule has 37 heavy (non-hydrogen) atoms. The van der Waals surface area contributed by atoms with Crippen molar-refractivity contribution in [3.8, 4) is 11.5 Å². The molecule has 4 rings (SSSR count). The fourth-order valence-electron chi connectivity index (χ4n) is 4.79. The zero-order valence-electron chi connectivity index (χ0n) is 21.8. The van der Waals surface area contributed by atoms with Crippen LogP contribution in [-0.2, 0) is 9.59 Å². The molecule has 1 N–H and O–H groups in total. The molecule has 1 aliphatic rings. The predicted molar refractivity (Wildman–Crippen MR) is 146 cm³/mol. The molecule has 1 heterocycles. The lowest BCUT2D eigenvalue weighted by atomic mass is 9.94. The number of aliphatic hydroxyl groups is 1. The molecule has 0 aliphatic carbocycles. The van der Waals surface area contributed by atoms with Gasteiger partial charge in [-0.3, -0.25) is 14.5 Å². The van der Waals surface area contributed by atoms with Crippen LogP contribution in [-0.4, -0.2) is 44.1 Å². The van der Waals surface area contributed by atoms with E-state index >= 15 is 0 Å². The van der Waals surface area contributed by atoms with E-state index in [1.54, 1.807) is 56.7 Å². The lowest BCUT2D eigenvalue weighted by Gasteiger charge is -2.27. The summed E-state index contributed by atoms with van der Waals surface area (Å²) in [5.74, 6) is -0.345. The first kappa shape index (κ1) is 25.8. The molecule has 0 aromatic heterocycles. The van der Waals surface area contributed by atoms with Gasteiger partial charge in [-0.25, -0.2) is 0 Å². The van der Waals surface area contributed by atoms with Crippen molar-refractivity contribution in [2.24, 2.45) is 0 Å². The third-order valence-corrected chi connectivity index (χ3v) is 6.80. The molecular weight excluding hydrogens is 468 g/mol. The molecule has 1 amide bonds. The minimum atomic E-state index is -0.812. The van der Waals surface area contributed by atoms with Crippen molar-refractivity contribution >= 4 is 28.8 Å². The normalized spacial score (nSPS) is 16.7. The number of benzene rings is 3. The SMILES string of the molecule is CCN(CC)c1ccc(N2C(=O)C(=O)/C(=C(\O)c3ccc(OC)c(C)c3)C2c2ccc(OC)cc2)cc1. The minimum Gasteiger partial charge on any atom is -0.507 e. The van der Waals surface area contributed by atoms with Crippen LogP contribution in [0.25, 0.3) is 5.76 Å². The maximum Gasteiger partial charge on any atom is 0.300 e. The molecule has 3 aromatic carbocycles. The van der Waals surface area contributed by atoms with Crippen LogP contribution in [0, 0.1) is 6.92 Å². The van der Waals surface area contributed by atoms with Gasteiger partial charge in [-0.05, 0) is 86.5 Å². The molecule has 7 heteroatoms. The molecule has 1 atom stereocenters. The molecule has 3 aromatic rings. The maximum atomic E-state index is 13.4. The Hall–Kier alpha value is -4.26. The lowest BCUT2D eigenvalue weighted by Crippen LogP contribution is -2.29. The van der Waals surface area contributed by atoms with Crippen LogP contribution in [0.4, 0.5) is 11.4 Å². The van der Waals surface area contributed by atoms with E-state index in [-0.39, 0.29) is 11.3 Å². The van der Waals surface area contributed by atoms with E-state index in [1.165, 1.54) is 4.90 Å². The number of carbonyl (C=O) groups excluding carboxylic acids is 2. The average Bonchev–Trinajstić information content (AvgIpc) is 3.19. The van der Waals surface area contributed by atoms with Gasteiger partial charge in [0.1, 0.15) is 17.3 Å². The molecule has 0 radical (unpaired) electrons. The van der Waals surface area contributed by atoms with Crippen LogP contribution in [0.2, 0.25) is 0 Å². The summed E-state index contributed by atoms with van der Waals surface area (Å²) in [5, 5.41) is 11.4. The Morgan fingerprint density at radius 2 is 1.57 bits per heavy atom. The van der Waals surface area contributed by atoms with Gasteiger partial charge < -0.3 is 19.5 Å². The Kier molecular flexibility index (Phi) is 7.53. The van der Waals surface area contributed by atoms with E-state index in [9.17, 15) is 14.7 Å². The first-order valence-electron chi connectivity index (χ1n) is 12.3. The number of amides is 1. The molecular formula is C30H32N2O5. The van der Waals surface area contributed by atoms with Gasteiger partial charge in [0.15, 0.2) is 0 Å². The number of ketones is 1. The second kappa shape index (κ2) is 10.8. The van der Waals surface area contributed by atoms with Gasteiger partial charge >= 0.3 is 0 Å². The van der Waals surface area contributed by atoms with Gasteiger partial charge in [0.25, 0.3) is 11.7 Å². The van der Waals surface area contributed by atoms with Crippen molar-refractivity contribution in [3.63, 3.8) is 0 Å². The van der Waals surface area contributed by atoms with Crippen molar-refractivity contribution in [3.05, 3.63) is 89.0 Å². The first-order chi connectivity index (χ1) is 17.8. The highest BCUT2D eigenvalue weighted by molar-refractivity contribution is 6.51. The summed E-state index contributed by atoms with van der Waals surface area (Å²) in [7, 11) is 3.15. The topological polar surface area (TPSA) is 79.3 Å². The van der Waals surface area contributed by atoms with Crippen LogP contribution in [0.5, 0.6) is 11.5 Å². The monoisotopic (exact) mass is 500 g/mol. The van der Waals surface area contributed by atoms with Crippen LogP contribution in [0.15, 0.2) is 72.3 Å². The molecule has 192 valence electrons. The third-order valence-electron chi connectivity index (χ3n) is 6.80. The van der Waals surface area contributed by atoms with Gasteiger partial charge in [-0.2, -0.15) is 0 Å². The molecule has 7 nitrogen and oxygen atoms in total. The van der Waals surface area contributed by atoms with Crippen LogP contribution >= 0.6 is 0 Å². The van der Waals surface area contributed by atoms with E-state index in [2.05, 4.69) is 18.7 Å². The highest BCUT2D eigenvalue weighted by Crippen LogP contribution is 2.43. The van der Waals surface area contributed by atoms with Crippen LogP contribution in [0.3, 0.4) is 0 Å². The summed E-state index contributed by atoms with van der Waals surface area (Å²) in [6.07, 6.45) is 0. The predicted octanol–water partition coefficient (Wildman–Crippen LogP) is 5.48. The Morgan fingerprint density at radius 3 is 2.11 bits per heavy atom. The summed E-state index contributed by atoms with van der Waals surface area (Å²) >= 11 is 0. The fraction of sp³-hybridized carbons (Fsp3) is 0.267. The lowest BCUT2D eigenvalue weighted by molar-refractivity contribution is -0.132. The van der Waals surface area contributed by atoms with Gasteiger partial charge in [0, 0.05) is 30.0 Å². The summed E-state index contributed by atoms with van der Waals surface area (Å²) in [6.45, 7) is 7.73. The van der Waals surface area contributed by atoms with Gasteiger partial charge in [-0.1, -0.05) is 12.1 Å². The van der Waals surface area contributed by atoms with Crippen LogP contribution in [0.1, 0.15) is 36.6 Å². The summed E-state index contributed by atoms with van der Waals surface area (Å²) in [4.78, 5) is 30.5. The maximum absolute atomic E-state index is 13.4. The van der Waals surface area contributed by atoms with Crippen molar-refractivity contribution in [1.82, 2.24) is 0 Å². The summed E-state index contributed by atoms with van der Waals surface area (Å²) in [6, 6.07) is 19.1. The minimum absolute atomic E-state index is 0.0348. The number of methoxy groups -OCH3 is 2. The van der Waals surface area contributed by atoms with E-state index in [4.69, 9.17) is 9.47 Å². The molecule has 0 bridgehead atoms. The molecule has 1 unspecified atom stereocenters. The Bertz CT molecular complexity index is 1330. The van der Waals surface area contributed by atoms with Gasteiger partial charge in [0.2, 0.25) is 0 Å². The molecule has 1 aliphatic heterocycles. The highest BCUT2D eigenvalue weighted by atomic mass is 16.5. The van der Waals surface area contributed by atoms with E-state index in [0.29, 0.717) is 28.3 Å². The fourth-order valence-corrected chi connectivity index (χ4v) is 4.79. The van der Waals surface area contributed by atoms with E-state index < -0.39 is 17.7 Å². The number of anilines is 2. The van der Waals surface area contributed by atoms with Crippen molar-refractivity contribution < 1.29 is 24.2 Å². The zero-order chi connectivity index (χ0) is 26.7. The average molecular weight is 501 g/mol. The first-order valence-corrected chi connectivity index (χ1v) is 12.3. The molecule has 0 spiro atoms. The summed E-state index contributed by atoms with van der Waals surface area (Å²) in [5.41, 5.74) is 3.55. The molecule has 1 saturated heterocycles.